The number of rotatable bonds is 3. The van der Waals surface area contributed by atoms with Gasteiger partial charge in [0, 0.05) is 5.92 Å². The van der Waals surface area contributed by atoms with E-state index >= 15 is 0 Å². The van der Waals surface area contributed by atoms with Gasteiger partial charge in [-0.15, -0.1) is 0 Å². The van der Waals surface area contributed by atoms with E-state index in [0.29, 0.717) is 0 Å². The molecule has 2 rings (SSSR count). The first kappa shape index (κ1) is 7.60. The summed E-state index contributed by atoms with van der Waals surface area (Å²) in [6.07, 6.45) is 8.91. The van der Waals surface area contributed by atoms with Crippen LogP contribution in [0.5, 0.6) is 0 Å². The summed E-state index contributed by atoms with van der Waals surface area (Å²) in [4.78, 5) is 0. The van der Waals surface area contributed by atoms with E-state index in [1.165, 1.54) is 38.5 Å². The van der Waals surface area contributed by atoms with Crippen LogP contribution in [0, 0.1) is 11.8 Å². The molecule has 0 aromatic carbocycles. The van der Waals surface area contributed by atoms with E-state index in [9.17, 15) is 0 Å². The van der Waals surface area contributed by atoms with Gasteiger partial charge in [-0.2, -0.15) is 0 Å². The maximum Gasteiger partial charge on any atom is 0.0516 e. The molecule has 2 aliphatic rings. The van der Waals surface area contributed by atoms with Crippen LogP contribution < -0.4 is 0 Å². The molecular formula is C10H18O. The fourth-order valence-corrected chi connectivity index (χ4v) is 2.22. The normalized spacial score (nSPS) is 27.3. The minimum absolute atomic E-state index is 0.926. The van der Waals surface area contributed by atoms with E-state index in [1.54, 1.807) is 0 Å². The zero-order chi connectivity index (χ0) is 7.52. The van der Waals surface area contributed by atoms with Crippen LogP contribution in [0.25, 0.3) is 0 Å². The summed E-state index contributed by atoms with van der Waals surface area (Å²) in [5.41, 5.74) is 0. The third kappa shape index (κ3) is 1.96. The lowest BCUT2D eigenvalue weighted by atomic mass is 9.94. The third-order valence-corrected chi connectivity index (χ3v) is 3.17. The number of ether oxygens (including phenoxy) is 1. The molecule has 1 nitrogen and oxygen atoms in total. The quantitative estimate of drug-likeness (QED) is 0.607. The molecule has 2 fully saturated rings. The molecule has 0 radical (unpaired) electrons. The molecule has 1 heterocycles. The Morgan fingerprint density at radius 3 is 2.09 bits per heavy atom. The highest BCUT2D eigenvalue weighted by atomic mass is 16.5. The smallest absolute Gasteiger partial charge is 0.0516 e. The summed E-state index contributed by atoms with van der Waals surface area (Å²) in [5.74, 6) is 2.01. The van der Waals surface area contributed by atoms with Gasteiger partial charge in [0.05, 0.1) is 13.2 Å². The second kappa shape index (κ2) is 3.57. The van der Waals surface area contributed by atoms with Crippen LogP contribution in [-0.2, 0) is 4.74 Å². The highest BCUT2D eigenvalue weighted by Gasteiger charge is 2.21. The van der Waals surface area contributed by atoms with Crippen molar-refractivity contribution >= 4 is 0 Å². The van der Waals surface area contributed by atoms with E-state index in [-0.39, 0.29) is 0 Å². The Morgan fingerprint density at radius 2 is 1.55 bits per heavy atom. The lowest BCUT2D eigenvalue weighted by Crippen LogP contribution is -2.27. The maximum atomic E-state index is 5.15. The first-order valence-electron chi connectivity index (χ1n) is 5.03. The first-order valence-corrected chi connectivity index (χ1v) is 5.03. The molecule has 0 spiro atoms. The average molecular weight is 154 g/mol. The van der Waals surface area contributed by atoms with Crippen molar-refractivity contribution in [1.29, 1.82) is 0 Å². The van der Waals surface area contributed by atoms with Gasteiger partial charge in [-0.3, -0.25) is 0 Å². The van der Waals surface area contributed by atoms with Crippen LogP contribution in [0.2, 0.25) is 0 Å². The molecule has 0 N–H and O–H groups in total. The Hall–Kier alpha value is -0.0400. The summed E-state index contributed by atoms with van der Waals surface area (Å²) in [6.45, 7) is 2.10. The maximum absolute atomic E-state index is 5.15. The van der Waals surface area contributed by atoms with Crippen molar-refractivity contribution in [3.05, 3.63) is 0 Å². The van der Waals surface area contributed by atoms with Crippen LogP contribution in [0.4, 0.5) is 0 Å². The van der Waals surface area contributed by atoms with Gasteiger partial charge in [-0.05, 0) is 12.3 Å². The summed E-state index contributed by atoms with van der Waals surface area (Å²) < 4.78 is 5.15. The molecule has 1 aliphatic heterocycles. The Balaban J connectivity index is 1.57. The van der Waals surface area contributed by atoms with Gasteiger partial charge in [0.1, 0.15) is 0 Å². The van der Waals surface area contributed by atoms with Crippen LogP contribution in [0.3, 0.4) is 0 Å². The minimum atomic E-state index is 0.926. The van der Waals surface area contributed by atoms with Crippen LogP contribution in [-0.4, -0.2) is 13.2 Å². The van der Waals surface area contributed by atoms with Crippen molar-refractivity contribution in [2.24, 2.45) is 11.8 Å². The number of hydrogen-bond acceptors (Lipinski definition) is 1. The predicted molar refractivity (Wildman–Crippen MR) is 45.5 cm³/mol. The van der Waals surface area contributed by atoms with Gasteiger partial charge in [-0.25, -0.2) is 0 Å². The van der Waals surface area contributed by atoms with Crippen molar-refractivity contribution in [1.82, 2.24) is 0 Å². The molecule has 0 aromatic rings. The van der Waals surface area contributed by atoms with Crippen molar-refractivity contribution in [3.8, 4) is 0 Å². The summed E-state index contributed by atoms with van der Waals surface area (Å²) in [6, 6.07) is 0. The SMILES string of the molecule is C1CCC(CCC2COC2)C1. The zero-order valence-electron chi connectivity index (χ0n) is 7.22. The van der Waals surface area contributed by atoms with Crippen LogP contribution in [0.1, 0.15) is 38.5 Å². The fraction of sp³-hybridized carbons (Fsp3) is 1.00. The first-order chi connectivity index (χ1) is 5.45. The molecule has 1 saturated carbocycles. The van der Waals surface area contributed by atoms with E-state index in [0.717, 1.165) is 25.0 Å². The molecule has 1 heteroatoms. The van der Waals surface area contributed by atoms with Gasteiger partial charge in [0.25, 0.3) is 0 Å². The summed E-state index contributed by atoms with van der Waals surface area (Å²) in [5, 5.41) is 0. The predicted octanol–water partition coefficient (Wildman–Crippen LogP) is 2.60. The van der Waals surface area contributed by atoms with E-state index in [4.69, 9.17) is 4.74 Å². The highest BCUT2D eigenvalue weighted by Crippen LogP contribution is 2.30. The fourth-order valence-electron chi connectivity index (χ4n) is 2.22. The summed E-state index contributed by atoms with van der Waals surface area (Å²) in [7, 11) is 0. The van der Waals surface area contributed by atoms with E-state index in [2.05, 4.69) is 0 Å². The van der Waals surface area contributed by atoms with E-state index in [1.807, 2.05) is 0 Å². The van der Waals surface area contributed by atoms with Crippen molar-refractivity contribution in [2.45, 2.75) is 38.5 Å². The lowest BCUT2D eigenvalue weighted by molar-refractivity contribution is -0.0378. The topological polar surface area (TPSA) is 9.23 Å². The number of hydrogen-bond donors (Lipinski definition) is 0. The van der Waals surface area contributed by atoms with Gasteiger partial charge >= 0.3 is 0 Å². The highest BCUT2D eigenvalue weighted by molar-refractivity contribution is 4.71. The Kier molecular flexibility index (Phi) is 2.47. The largest absolute Gasteiger partial charge is 0.381 e. The monoisotopic (exact) mass is 154 g/mol. The van der Waals surface area contributed by atoms with Crippen molar-refractivity contribution in [3.63, 3.8) is 0 Å². The molecule has 64 valence electrons. The molecule has 0 bridgehead atoms. The van der Waals surface area contributed by atoms with Crippen molar-refractivity contribution in [2.75, 3.05) is 13.2 Å². The standard InChI is InChI=1S/C10H18O/c1-2-4-9(3-1)5-6-10-7-11-8-10/h9-10H,1-8H2. The Morgan fingerprint density at radius 1 is 0.909 bits per heavy atom. The second-order valence-electron chi connectivity index (χ2n) is 4.13. The van der Waals surface area contributed by atoms with E-state index < -0.39 is 0 Å². The second-order valence-corrected chi connectivity index (χ2v) is 4.13. The molecular weight excluding hydrogens is 136 g/mol. The molecule has 0 amide bonds. The van der Waals surface area contributed by atoms with Gasteiger partial charge in [0.15, 0.2) is 0 Å². The zero-order valence-corrected chi connectivity index (χ0v) is 7.22. The molecule has 11 heavy (non-hydrogen) atoms. The molecule has 1 aliphatic carbocycles. The molecule has 1 saturated heterocycles. The molecule has 0 unspecified atom stereocenters. The Labute approximate surface area is 69.1 Å². The van der Waals surface area contributed by atoms with Crippen molar-refractivity contribution < 1.29 is 4.74 Å². The minimum Gasteiger partial charge on any atom is -0.381 e. The molecule has 0 atom stereocenters. The van der Waals surface area contributed by atoms with Gasteiger partial charge in [-0.1, -0.05) is 32.1 Å². The Bertz CT molecular complexity index is 112. The van der Waals surface area contributed by atoms with Gasteiger partial charge in [0.2, 0.25) is 0 Å². The van der Waals surface area contributed by atoms with Crippen LogP contribution >= 0.6 is 0 Å². The average Bonchev–Trinajstić information content (AvgIpc) is 2.36. The third-order valence-electron chi connectivity index (χ3n) is 3.17. The van der Waals surface area contributed by atoms with Gasteiger partial charge < -0.3 is 4.74 Å². The summed E-state index contributed by atoms with van der Waals surface area (Å²) >= 11 is 0. The van der Waals surface area contributed by atoms with Crippen LogP contribution in [0.15, 0.2) is 0 Å². The lowest BCUT2D eigenvalue weighted by Gasteiger charge is -2.26. The molecule has 0 aromatic heterocycles.